The van der Waals surface area contributed by atoms with Gasteiger partial charge in [0.25, 0.3) is 6.29 Å². The molecule has 0 heterocycles. The van der Waals surface area contributed by atoms with Crippen molar-refractivity contribution in [3.8, 4) is 0 Å². The molecule has 0 saturated carbocycles. The molecule has 0 aliphatic rings. The topological polar surface area (TPSA) is 52.6 Å². The van der Waals surface area contributed by atoms with Gasteiger partial charge in [0.2, 0.25) is 0 Å². The average Bonchev–Trinajstić information content (AvgIpc) is 2.78. The van der Waals surface area contributed by atoms with E-state index in [0.29, 0.717) is 0 Å². The average molecular weight is 398 g/mol. The van der Waals surface area contributed by atoms with E-state index in [1.54, 1.807) is 12.2 Å². The highest BCUT2D eigenvalue weighted by molar-refractivity contribution is 5.88. The Morgan fingerprint density at radius 1 is 0.633 bits per heavy atom. The van der Waals surface area contributed by atoms with E-state index in [2.05, 4.69) is 0 Å². The van der Waals surface area contributed by atoms with E-state index in [-0.39, 0.29) is 6.42 Å². The molecule has 0 aliphatic carbocycles. The van der Waals surface area contributed by atoms with Gasteiger partial charge in [-0.05, 0) is 28.8 Å². The summed E-state index contributed by atoms with van der Waals surface area (Å²) in [6.07, 6.45) is 5.17. The van der Waals surface area contributed by atoms with Gasteiger partial charge >= 0.3 is 11.9 Å². The molecule has 3 rings (SSSR count). The fourth-order valence-corrected chi connectivity index (χ4v) is 2.71. The number of ether oxygens (including phenoxy) is 2. The van der Waals surface area contributed by atoms with Crippen LogP contribution in [-0.2, 0) is 25.5 Å². The Kier molecular flexibility index (Phi) is 7.75. The lowest BCUT2D eigenvalue weighted by atomic mass is 10.1. The molecule has 0 fully saturated rings. The standard InChI is InChI=1S/C26H22O4/c27-24(18-16-21-10-4-1-5-11-21)29-26(20-23-14-8-3-9-15-23)30-25(28)19-17-22-12-6-2-7-13-22/h1-19,26H,20H2/b18-16+,19-17+. The van der Waals surface area contributed by atoms with Gasteiger partial charge in [0.15, 0.2) is 0 Å². The fraction of sp³-hybridized carbons (Fsp3) is 0.0769. The number of carbonyl (C=O) groups is 2. The van der Waals surface area contributed by atoms with Crippen LogP contribution in [-0.4, -0.2) is 18.2 Å². The van der Waals surface area contributed by atoms with Crippen LogP contribution in [0.3, 0.4) is 0 Å². The Morgan fingerprint density at radius 2 is 1.03 bits per heavy atom. The lowest BCUT2D eigenvalue weighted by molar-refractivity contribution is -0.180. The van der Waals surface area contributed by atoms with Gasteiger partial charge in [0.05, 0.1) is 0 Å². The van der Waals surface area contributed by atoms with Crippen LogP contribution in [0.15, 0.2) is 103 Å². The first-order valence-electron chi connectivity index (χ1n) is 9.60. The zero-order valence-corrected chi connectivity index (χ0v) is 16.4. The van der Waals surface area contributed by atoms with Crippen molar-refractivity contribution in [3.05, 3.63) is 120 Å². The first-order chi connectivity index (χ1) is 14.7. The Labute approximate surface area is 176 Å². The van der Waals surface area contributed by atoms with Crippen molar-refractivity contribution in [2.24, 2.45) is 0 Å². The quantitative estimate of drug-likeness (QED) is 0.302. The molecule has 0 aliphatic heterocycles. The van der Waals surface area contributed by atoms with Crippen LogP contribution in [0, 0.1) is 0 Å². The molecule has 150 valence electrons. The highest BCUT2D eigenvalue weighted by atomic mass is 16.7. The predicted octanol–water partition coefficient (Wildman–Crippen LogP) is 5.07. The zero-order valence-electron chi connectivity index (χ0n) is 16.4. The highest BCUT2D eigenvalue weighted by Crippen LogP contribution is 2.10. The molecule has 4 nitrogen and oxygen atoms in total. The molecule has 0 saturated heterocycles. The lowest BCUT2D eigenvalue weighted by Crippen LogP contribution is -2.25. The molecule has 0 radical (unpaired) electrons. The molecule has 30 heavy (non-hydrogen) atoms. The van der Waals surface area contributed by atoms with Gasteiger partial charge in [-0.15, -0.1) is 0 Å². The molecule has 3 aromatic carbocycles. The van der Waals surface area contributed by atoms with E-state index in [1.165, 1.54) is 12.2 Å². The molecule has 0 bridgehead atoms. The van der Waals surface area contributed by atoms with Crippen LogP contribution >= 0.6 is 0 Å². The third-order valence-corrected chi connectivity index (χ3v) is 4.16. The van der Waals surface area contributed by atoms with Crippen LogP contribution in [0.5, 0.6) is 0 Å². The van der Waals surface area contributed by atoms with Crippen molar-refractivity contribution >= 4 is 24.1 Å². The van der Waals surface area contributed by atoms with Crippen molar-refractivity contribution in [3.63, 3.8) is 0 Å². The Balaban J connectivity index is 1.65. The van der Waals surface area contributed by atoms with E-state index in [1.807, 2.05) is 91.0 Å². The monoisotopic (exact) mass is 398 g/mol. The second kappa shape index (κ2) is 11.2. The summed E-state index contributed by atoms with van der Waals surface area (Å²) in [5.41, 5.74) is 2.64. The van der Waals surface area contributed by atoms with Gasteiger partial charge in [-0.2, -0.15) is 0 Å². The smallest absolute Gasteiger partial charge is 0.333 e. The van der Waals surface area contributed by atoms with Gasteiger partial charge in [-0.3, -0.25) is 0 Å². The van der Waals surface area contributed by atoms with Crippen LogP contribution in [0.2, 0.25) is 0 Å². The molecule has 4 heteroatoms. The summed E-state index contributed by atoms with van der Waals surface area (Å²) in [6.45, 7) is 0. The van der Waals surface area contributed by atoms with Crippen LogP contribution in [0.25, 0.3) is 12.2 Å². The van der Waals surface area contributed by atoms with Crippen LogP contribution in [0.1, 0.15) is 16.7 Å². The summed E-state index contributed by atoms with van der Waals surface area (Å²) in [5, 5.41) is 0. The maximum atomic E-state index is 12.3. The highest BCUT2D eigenvalue weighted by Gasteiger charge is 2.17. The first-order valence-corrected chi connectivity index (χ1v) is 9.60. The van der Waals surface area contributed by atoms with Crippen LogP contribution in [0.4, 0.5) is 0 Å². The van der Waals surface area contributed by atoms with Gasteiger partial charge in [-0.25, -0.2) is 9.59 Å². The summed E-state index contributed by atoms with van der Waals surface area (Å²) in [4.78, 5) is 24.5. The molecule has 0 unspecified atom stereocenters. The lowest BCUT2D eigenvalue weighted by Gasteiger charge is -2.17. The summed E-state index contributed by atoms with van der Waals surface area (Å²) >= 11 is 0. The molecule has 0 spiro atoms. The third-order valence-electron chi connectivity index (χ3n) is 4.16. The third kappa shape index (κ3) is 7.24. The predicted molar refractivity (Wildman–Crippen MR) is 117 cm³/mol. The van der Waals surface area contributed by atoms with E-state index in [9.17, 15) is 9.59 Å². The molecular weight excluding hydrogens is 376 g/mol. The van der Waals surface area contributed by atoms with E-state index in [0.717, 1.165) is 16.7 Å². The largest absolute Gasteiger partial charge is 0.422 e. The minimum atomic E-state index is -1.03. The first kappa shape index (κ1) is 20.8. The minimum Gasteiger partial charge on any atom is -0.422 e. The van der Waals surface area contributed by atoms with E-state index in [4.69, 9.17) is 9.47 Å². The maximum absolute atomic E-state index is 12.3. The van der Waals surface area contributed by atoms with Crippen molar-refractivity contribution < 1.29 is 19.1 Å². The molecular formula is C26H22O4. The van der Waals surface area contributed by atoms with Crippen molar-refractivity contribution in [1.29, 1.82) is 0 Å². The summed E-state index contributed by atoms with van der Waals surface area (Å²) < 4.78 is 10.8. The number of benzene rings is 3. The second-order valence-corrected chi connectivity index (χ2v) is 6.48. The van der Waals surface area contributed by atoms with Gasteiger partial charge in [0.1, 0.15) is 0 Å². The number of carbonyl (C=O) groups excluding carboxylic acids is 2. The number of hydrogen-bond acceptors (Lipinski definition) is 4. The van der Waals surface area contributed by atoms with Crippen molar-refractivity contribution in [1.82, 2.24) is 0 Å². The fourth-order valence-electron chi connectivity index (χ4n) is 2.71. The van der Waals surface area contributed by atoms with E-state index < -0.39 is 18.2 Å². The molecule has 3 aromatic rings. The van der Waals surface area contributed by atoms with Crippen molar-refractivity contribution in [2.45, 2.75) is 12.7 Å². The normalized spacial score (nSPS) is 11.1. The number of esters is 2. The summed E-state index contributed by atoms with van der Waals surface area (Å²) in [7, 11) is 0. The second-order valence-electron chi connectivity index (χ2n) is 6.48. The van der Waals surface area contributed by atoms with Crippen molar-refractivity contribution in [2.75, 3.05) is 0 Å². The van der Waals surface area contributed by atoms with Crippen LogP contribution < -0.4 is 0 Å². The Hall–Kier alpha value is -3.92. The van der Waals surface area contributed by atoms with Gasteiger partial charge in [-0.1, -0.05) is 91.0 Å². The van der Waals surface area contributed by atoms with Gasteiger partial charge in [0, 0.05) is 18.6 Å². The zero-order chi connectivity index (χ0) is 21.0. The van der Waals surface area contributed by atoms with Gasteiger partial charge < -0.3 is 9.47 Å². The maximum Gasteiger partial charge on any atom is 0.333 e. The van der Waals surface area contributed by atoms with E-state index >= 15 is 0 Å². The molecule has 0 amide bonds. The number of hydrogen-bond donors (Lipinski definition) is 0. The molecule has 0 atom stereocenters. The molecule has 0 N–H and O–H groups in total. The number of rotatable bonds is 8. The SMILES string of the molecule is O=C(/C=C/c1ccccc1)OC(Cc1ccccc1)OC(=O)/C=C/c1ccccc1. The summed E-state index contributed by atoms with van der Waals surface area (Å²) in [5.74, 6) is -1.17. The Morgan fingerprint density at radius 3 is 1.47 bits per heavy atom. The molecule has 0 aromatic heterocycles. The summed E-state index contributed by atoms with van der Waals surface area (Å²) in [6, 6.07) is 28.2. The minimum absolute atomic E-state index is 0.261. The Bertz CT molecular complexity index is 929.